The lowest BCUT2D eigenvalue weighted by molar-refractivity contribution is -0.188. The van der Waals surface area contributed by atoms with Crippen molar-refractivity contribution in [1.29, 1.82) is 0 Å². The van der Waals surface area contributed by atoms with E-state index in [-0.39, 0.29) is 18.1 Å². The van der Waals surface area contributed by atoms with E-state index in [2.05, 4.69) is 10.2 Å². The Labute approximate surface area is 140 Å². The summed E-state index contributed by atoms with van der Waals surface area (Å²) in [5.41, 5.74) is -0.262. The third kappa shape index (κ3) is 4.24. The van der Waals surface area contributed by atoms with Crippen molar-refractivity contribution in [2.45, 2.75) is 45.1 Å². The fourth-order valence-corrected chi connectivity index (χ4v) is 2.73. The molecule has 0 radical (unpaired) electrons. The molecule has 1 aromatic carbocycles. The smallest absolute Gasteiger partial charge is 0.343 e. The highest BCUT2D eigenvalue weighted by atomic mass is 16.7. The Bertz CT molecular complexity index is 677. The van der Waals surface area contributed by atoms with E-state index in [1.807, 2.05) is 37.3 Å². The molecule has 1 aliphatic heterocycles. The van der Waals surface area contributed by atoms with Crippen molar-refractivity contribution >= 4 is 0 Å². The third-order valence-electron chi connectivity index (χ3n) is 3.97. The van der Waals surface area contributed by atoms with Crippen LogP contribution in [0.3, 0.4) is 0 Å². The monoisotopic (exact) mass is 333 g/mol. The van der Waals surface area contributed by atoms with Crippen LogP contribution in [0.4, 0.5) is 0 Å². The quantitative estimate of drug-likeness (QED) is 0.841. The minimum Gasteiger partial charge on any atom is -0.492 e. The zero-order chi connectivity index (χ0) is 16.8. The van der Waals surface area contributed by atoms with E-state index < -0.39 is 0 Å². The lowest BCUT2D eigenvalue weighted by Crippen LogP contribution is -2.27. The molecule has 2 aromatic rings. The Morgan fingerprint density at radius 2 is 2.21 bits per heavy atom. The van der Waals surface area contributed by atoms with Gasteiger partial charge in [-0.15, -0.1) is 0 Å². The largest absolute Gasteiger partial charge is 0.492 e. The summed E-state index contributed by atoms with van der Waals surface area (Å²) in [7, 11) is 0. The summed E-state index contributed by atoms with van der Waals surface area (Å²) in [6.07, 6.45) is 2.47. The van der Waals surface area contributed by atoms with Gasteiger partial charge in [-0.2, -0.15) is 5.10 Å². The van der Waals surface area contributed by atoms with Gasteiger partial charge >= 0.3 is 5.69 Å². The molecule has 2 unspecified atom stereocenters. The molecule has 2 heterocycles. The molecule has 0 aliphatic carbocycles. The second-order valence-electron chi connectivity index (χ2n) is 5.77. The van der Waals surface area contributed by atoms with Gasteiger partial charge in [0.25, 0.3) is 0 Å². The number of aromatic nitrogens is 3. The van der Waals surface area contributed by atoms with Crippen molar-refractivity contribution in [1.82, 2.24) is 14.8 Å². The molecule has 3 rings (SSSR count). The second-order valence-corrected chi connectivity index (χ2v) is 5.77. The molecule has 1 N–H and O–H groups in total. The van der Waals surface area contributed by atoms with Crippen molar-refractivity contribution in [3.63, 3.8) is 0 Å². The molecule has 0 bridgehead atoms. The van der Waals surface area contributed by atoms with Crippen LogP contribution in [0.1, 0.15) is 38.1 Å². The molecule has 0 spiro atoms. The van der Waals surface area contributed by atoms with Crippen LogP contribution in [0.5, 0.6) is 5.75 Å². The van der Waals surface area contributed by atoms with E-state index in [0.29, 0.717) is 19.0 Å². The molecule has 1 saturated heterocycles. The predicted octanol–water partition coefficient (Wildman–Crippen LogP) is 2.25. The van der Waals surface area contributed by atoms with Gasteiger partial charge in [0.1, 0.15) is 18.5 Å². The topological polar surface area (TPSA) is 78.4 Å². The van der Waals surface area contributed by atoms with Gasteiger partial charge in [0.05, 0.1) is 6.54 Å². The van der Waals surface area contributed by atoms with Crippen molar-refractivity contribution in [2.24, 2.45) is 0 Å². The van der Waals surface area contributed by atoms with Crippen LogP contribution in [-0.4, -0.2) is 34.3 Å². The number of benzene rings is 1. The van der Waals surface area contributed by atoms with Crippen molar-refractivity contribution in [3.8, 4) is 5.75 Å². The number of H-pyrrole nitrogens is 1. The van der Waals surface area contributed by atoms with E-state index >= 15 is 0 Å². The molecule has 7 nitrogen and oxygen atoms in total. The van der Waals surface area contributed by atoms with Crippen LogP contribution >= 0.6 is 0 Å². The van der Waals surface area contributed by atoms with Crippen LogP contribution in [0.15, 0.2) is 35.1 Å². The van der Waals surface area contributed by atoms with E-state index in [9.17, 15) is 4.79 Å². The van der Waals surface area contributed by atoms with Crippen LogP contribution < -0.4 is 10.4 Å². The molecule has 0 saturated carbocycles. The maximum Gasteiger partial charge on any atom is 0.343 e. The lowest BCUT2D eigenvalue weighted by Gasteiger charge is -2.25. The maximum absolute atomic E-state index is 12.0. The first-order chi connectivity index (χ1) is 11.7. The predicted molar refractivity (Wildman–Crippen MR) is 87.9 cm³/mol. The molecule has 1 fully saturated rings. The molecule has 0 amide bonds. The number of aromatic amines is 1. The molecule has 130 valence electrons. The summed E-state index contributed by atoms with van der Waals surface area (Å²) in [5, 5.41) is 6.58. The number of rotatable bonds is 7. The van der Waals surface area contributed by atoms with Crippen LogP contribution in [0.25, 0.3) is 0 Å². The number of nitrogens with zero attached hydrogens (tertiary/aromatic N) is 2. The second kappa shape index (κ2) is 8.12. The average molecular weight is 333 g/mol. The first-order valence-corrected chi connectivity index (χ1v) is 8.34. The molecule has 7 heteroatoms. The van der Waals surface area contributed by atoms with Crippen LogP contribution in [0.2, 0.25) is 0 Å². The standard InChI is InChI=1S/C17H23N3O4/c1-13(24-15-9-5-6-11-23-15)16-18-19-17(21)20(16)10-12-22-14-7-3-2-4-8-14/h2-4,7-8,13,15H,5-6,9-12H2,1H3,(H,19,21). The van der Waals surface area contributed by atoms with Gasteiger partial charge in [0, 0.05) is 6.61 Å². The summed E-state index contributed by atoms with van der Waals surface area (Å²) < 4.78 is 18.7. The number of hydrogen-bond acceptors (Lipinski definition) is 5. The average Bonchev–Trinajstić information content (AvgIpc) is 2.98. The Hall–Kier alpha value is -2.12. The highest BCUT2D eigenvalue weighted by molar-refractivity contribution is 5.20. The zero-order valence-corrected chi connectivity index (χ0v) is 13.8. The number of nitrogens with one attached hydrogen (secondary N) is 1. The highest BCUT2D eigenvalue weighted by Gasteiger charge is 2.22. The normalized spacial score (nSPS) is 19.1. The van der Waals surface area contributed by atoms with Crippen LogP contribution in [-0.2, 0) is 16.0 Å². The molecular weight excluding hydrogens is 310 g/mol. The number of para-hydroxylation sites is 1. The molecular formula is C17H23N3O4. The third-order valence-corrected chi connectivity index (χ3v) is 3.97. The van der Waals surface area contributed by atoms with Gasteiger partial charge in [-0.25, -0.2) is 9.89 Å². The molecule has 24 heavy (non-hydrogen) atoms. The summed E-state index contributed by atoms with van der Waals surface area (Å²) >= 11 is 0. The van der Waals surface area contributed by atoms with Gasteiger partial charge in [0.15, 0.2) is 12.1 Å². The Kier molecular flexibility index (Phi) is 5.66. The van der Waals surface area contributed by atoms with E-state index in [0.717, 1.165) is 31.6 Å². The van der Waals surface area contributed by atoms with Crippen molar-refractivity contribution in [2.75, 3.05) is 13.2 Å². The highest BCUT2D eigenvalue weighted by Crippen LogP contribution is 2.21. The first-order valence-electron chi connectivity index (χ1n) is 8.34. The minimum absolute atomic E-state index is 0.227. The first kappa shape index (κ1) is 16.7. The molecule has 1 aliphatic rings. The SMILES string of the molecule is CC(OC1CCCCO1)c1n[nH]c(=O)n1CCOc1ccccc1. The fraction of sp³-hybridized carbons (Fsp3) is 0.529. The summed E-state index contributed by atoms with van der Waals surface area (Å²) in [5.74, 6) is 1.33. The van der Waals surface area contributed by atoms with E-state index in [1.165, 1.54) is 0 Å². The molecule has 2 atom stereocenters. The Morgan fingerprint density at radius 1 is 1.38 bits per heavy atom. The van der Waals surface area contributed by atoms with E-state index in [4.69, 9.17) is 14.2 Å². The van der Waals surface area contributed by atoms with Gasteiger partial charge in [-0.05, 0) is 38.3 Å². The van der Waals surface area contributed by atoms with Crippen LogP contribution in [0, 0.1) is 0 Å². The van der Waals surface area contributed by atoms with Gasteiger partial charge in [-0.1, -0.05) is 18.2 Å². The van der Waals surface area contributed by atoms with Crippen molar-refractivity contribution < 1.29 is 14.2 Å². The van der Waals surface area contributed by atoms with Gasteiger partial charge in [-0.3, -0.25) is 4.57 Å². The number of ether oxygens (including phenoxy) is 3. The van der Waals surface area contributed by atoms with Gasteiger partial charge in [0.2, 0.25) is 0 Å². The lowest BCUT2D eigenvalue weighted by atomic mass is 10.2. The summed E-state index contributed by atoms with van der Waals surface area (Å²) in [6, 6.07) is 9.50. The molecule has 1 aromatic heterocycles. The van der Waals surface area contributed by atoms with Gasteiger partial charge < -0.3 is 14.2 Å². The Balaban J connectivity index is 1.59. The summed E-state index contributed by atoms with van der Waals surface area (Å²) in [4.78, 5) is 12.0. The maximum atomic E-state index is 12.0. The zero-order valence-electron chi connectivity index (χ0n) is 13.8. The summed E-state index contributed by atoms with van der Waals surface area (Å²) in [6.45, 7) is 3.37. The Morgan fingerprint density at radius 3 is 2.96 bits per heavy atom. The minimum atomic E-state index is -0.330. The van der Waals surface area contributed by atoms with E-state index in [1.54, 1.807) is 4.57 Å². The van der Waals surface area contributed by atoms with Crippen molar-refractivity contribution in [3.05, 3.63) is 46.6 Å². The fourth-order valence-electron chi connectivity index (χ4n) is 2.73. The number of hydrogen-bond donors (Lipinski definition) is 1.